The van der Waals surface area contributed by atoms with Crippen LogP contribution in [0.3, 0.4) is 0 Å². The SMILES string of the molecule is CSc1nc(Cl)c2c(CCO)cn(C3C[C@H](OC(=O)c4ccc(C)cc4)[C@@H](COC(=O)c4ccc(C)cc4)O3)c2n1. The van der Waals surface area contributed by atoms with Crippen LogP contribution in [0.4, 0.5) is 0 Å². The van der Waals surface area contributed by atoms with E-state index in [1.54, 1.807) is 24.3 Å². The van der Waals surface area contributed by atoms with Gasteiger partial charge >= 0.3 is 11.9 Å². The molecule has 1 saturated heterocycles. The Bertz CT molecular complexity index is 1560. The zero-order valence-electron chi connectivity index (χ0n) is 22.9. The number of rotatable bonds is 9. The van der Waals surface area contributed by atoms with E-state index in [9.17, 15) is 14.7 Å². The number of nitrogens with zero attached hydrogens (tertiary/aromatic N) is 3. The Morgan fingerprint density at radius 3 is 2.29 bits per heavy atom. The zero-order valence-corrected chi connectivity index (χ0v) is 24.4. The van der Waals surface area contributed by atoms with E-state index >= 15 is 0 Å². The van der Waals surface area contributed by atoms with Crippen molar-refractivity contribution in [3.05, 3.63) is 87.7 Å². The van der Waals surface area contributed by atoms with Gasteiger partial charge in [0, 0.05) is 19.2 Å². The van der Waals surface area contributed by atoms with Crippen LogP contribution in [0.25, 0.3) is 11.0 Å². The summed E-state index contributed by atoms with van der Waals surface area (Å²) >= 11 is 7.89. The molecule has 1 unspecified atom stereocenters. The van der Waals surface area contributed by atoms with Gasteiger partial charge in [-0.2, -0.15) is 0 Å². The highest BCUT2D eigenvalue weighted by Crippen LogP contribution is 2.37. The molecule has 214 valence electrons. The van der Waals surface area contributed by atoms with E-state index in [-0.39, 0.29) is 24.8 Å². The van der Waals surface area contributed by atoms with E-state index in [0.29, 0.717) is 33.7 Å². The number of carbonyl (C=O) groups excluding carboxylic acids is 2. The molecule has 0 aliphatic carbocycles. The number of aromatic nitrogens is 3. The number of aryl methyl sites for hydroxylation is 2. The second-order valence-corrected chi connectivity index (χ2v) is 11.0. The lowest BCUT2D eigenvalue weighted by Crippen LogP contribution is -2.32. The van der Waals surface area contributed by atoms with Gasteiger partial charge in [0.05, 0.1) is 16.5 Å². The lowest BCUT2D eigenvalue weighted by atomic mass is 10.1. The van der Waals surface area contributed by atoms with Gasteiger partial charge in [0.15, 0.2) is 5.16 Å². The Kier molecular flexibility index (Phi) is 8.94. The monoisotopic (exact) mass is 595 g/mol. The fourth-order valence-corrected chi connectivity index (χ4v) is 5.45. The molecule has 41 heavy (non-hydrogen) atoms. The van der Waals surface area contributed by atoms with Crippen LogP contribution in [0, 0.1) is 13.8 Å². The van der Waals surface area contributed by atoms with Crippen molar-refractivity contribution in [3.8, 4) is 0 Å². The quantitative estimate of drug-likeness (QED) is 0.119. The maximum atomic E-state index is 13.1. The number of esters is 2. The zero-order chi connectivity index (χ0) is 29.1. The minimum absolute atomic E-state index is 0.0837. The van der Waals surface area contributed by atoms with Crippen LogP contribution in [-0.2, 0) is 20.6 Å². The third kappa shape index (κ3) is 6.41. The van der Waals surface area contributed by atoms with Gasteiger partial charge in [0.1, 0.15) is 35.8 Å². The molecule has 0 saturated carbocycles. The molecule has 1 aliphatic heterocycles. The van der Waals surface area contributed by atoms with Gasteiger partial charge in [-0.15, -0.1) is 0 Å². The lowest BCUT2D eigenvalue weighted by molar-refractivity contribution is -0.0562. The Morgan fingerprint density at radius 1 is 1.05 bits per heavy atom. The van der Waals surface area contributed by atoms with E-state index in [2.05, 4.69) is 9.97 Å². The first kappa shape index (κ1) is 29.1. The molecular formula is C30H30ClN3O6S. The summed E-state index contributed by atoms with van der Waals surface area (Å²) in [5, 5.41) is 11.1. The normalized spacial score (nSPS) is 18.5. The second-order valence-electron chi connectivity index (χ2n) is 9.87. The molecule has 2 aromatic heterocycles. The smallest absolute Gasteiger partial charge is 0.338 e. The minimum Gasteiger partial charge on any atom is -0.459 e. The third-order valence-corrected chi connectivity index (χ3v) is 7.77. The highest BCUT2D eigenvalue weighted by atomic mass is 35.5. The van der Waals surface area contributed by atoms with Crippen molar-refractivity contribution >= 4 is 46.3 Å². The van der Waals surface area contributed by atoms with Crippen molar-refractivity contribution < 1.29 is 28.9 Å². The molecule has 1 N–H and O–H groups in total. The van der Waals surface area contributed by atoms with E-state index in [0.717, 1.165) is 16.7 Å². The number of benzene rings is 2. The molecule has 9 nitrogen and oxygen atoms in total. The van der Waals surface area contributed by atoms with E-state index < -0.39 is 30.4 Å². The molecule has 0 spiro atoms. The first-order valence-electron chi connectivity index (χ1n) is 13.2. The van der Waals surface area contributed by atoms with Crippen molar-refractivity contribution in [2.45, 2.75) is 50.3 Å². The average Bonchev–Trinajstić information content (AvgIpc) is 3.53. The van der Waals surface area contributed by atoms with Crippen molar-refractivity contribution in [2.75, 3.05) is 19.5 Å². The Hall–Kier alpha value is -3.44. The standard InChI is InChI=1S/C30H30ClN3O6S/c1-17-4-8-19(9-5-17)28(36)38-16-23-22(40-29(37)20-10-6-18(2)7-11-20)14-24(39-23)34-15-21(12-13-35)25-26(31)32-30(41-3)33-27(25)34/h4-11,15,22-24,35H,12-14,16H2,1-3H3/t22-,23+,24?/m0/s1. The largest absolute Gasteiger partial charge is 0.459 e. The molecule has 4 aromatic rings. The van der Waals surface area contributed by atoms with Crippen molar-refractivity contribution in [1.82, 2.24) is 14.5 Å². The summed E-state index contributed by atoms with van der Waals surface area (Å²) in [5.41, 5.74) is 4.19. The third-order valence-electron chi connectivity index (χ3n) is 6.95. The Labute approximate surface area is 246 Å². The molecular weight excluding hydrogens is 566 g/mol. The van der Waals surface area contributed by atoms with Crippen molar-refractivity contribution in [2.24, 2.45) is 0 Å². The number of fused-ring (bicyclic) bond motifs is 1. The molecule has 3 atom stereocenters. The van der Waals surface area contributed by atoms with E-state index in [4.69, 9.17) is 25.8 Å². The summed E-state index contributed by atoms with van der Waals surface area (Å²) in [5.74, 6) is -0.996. The topological polar surface area (TPSA) is 113 Å². The second kappa shape index (κ2) is 12.6. The molecule has 0 bridgehead atoms. The fraction of sp³-hybridized carbons (Fsp3) is 0.333. The molecule has 3 heterocycles. The van der Waals surface area contributed by atoms with E-state index in [1.165, 1.54) is 11.8 Å². The first-order chi connectivity index (χ1) is 19.8. The van der Waals surface area contributed by atoms with Crippen LogP contribution in [0.15, 0.2) is 59.9 Å². The van der Waals surface area contributed by atoms with Gasteiger partial charge in [-0.25, -0.2) is 19.6 Å². The fourth-order valence-electron chi connectivity index (χ4n) is 4.75. The summed E-state index contributed by atoms with van der Waals surface area (Å²) in [6.45, 7) is 3.67. The van der Waals surface area contributed by atoms with Gasteiger partial charge in [0.25, 0.3) is 0 Å². The summed E-state index contributed by atoms with van der Waals surface area (Å²) in [6.07, 6.45) is 2.25. The van der Waals surface area contributed by atoms with Crippen LogP contribution >= 0.6 is 23.4 Å². The molecule has 5 rings (SSSR count). The summed E-state index contributed by atoms with van der Waals surface area (Å²) < 4.78 is 19.7. The molecule has 0 radical (unpaired) electrons. The Balaban J connectivity index is 1.43. The molecule has 1 aliphatic rings. The summed E-state index contributed by atoms with van der Waals surface area (Å²) in [4.78, 5) is 34.8. The number of ether oxygens (including phenoxy) is 3. The first-order valence-corrected chi connectivity index (χ1v) is 14.8. The van der Waals surface area contributed by atoms with Crippen LogP contribution in [0.5, 0.6) is 0 Å². The number of halogens is 1. The van der Waals surface area contributed by atoms with Crippen LogP contribution in [0.2, 0.25) is 5.15 Å². The number of aliphatic hydroxyl groups is 1. The minimum atomic E-state index is -0.736. The highest BCUT2D eigenvalue weighted by molar-refractivity contribution is 7.98. The number of carbonyl (C=O) groups is 2. The average molecular weight is 596 g/mol. The number of hydrogen-bond acceptors (Lipinski definition) is 9. The van der Waals surface area contributed by atoms with Crippen LogP contribution in [-0.4, -0.2) is 63.3 Å². The summed E-state index contributed by atoms with van der Waals surface area (Å²) in [6, 6.07) is 14.2. The molecule has 1 fully saturated rings. The predicted molar refractivity (Wildman–Crippen MR) is 155 cm³/mol. The molecule has 0 amide bonds. The van der Waals surface area contributed by atoms with Gasteiger partial charge in [0.2, 0.25) is 0 Å². The Morgan fingerprint density at radius 2 is 1.68 bits per heavy atom. The highest BCUT2D eigenvalue weighted by Gasteiger charge is 2.41. The van der Waals surface area contributed by atoms with Gasteiger partial charge in [-0.05, 0) is 56.4 Å². The summed E-state index contributed by atoms with van der Waals surface area (Å²) in [7, 11) is 0. The van der Waals surface area contributed by atoms with Crippen LogP contribution in [0.1, 0.15) is 50.1 Å². The van der Waals surface area contributed by atoms with E-state index in [1.807, 2.05) is 55.1 Å². The van der Waals surface area contributed by atoms with Gasteiger partial charge in [-0.1, -0.05) is 58.8 Å². The number of aliphatic hydroxyl groups excluding tert-OH is 1. The van der Waals surface area contributed by atoms with Gasteiger partial charge in [-0.3, -0.25) is 0 Å². The molecule has 2 aromatic carbocycles. The van der Waals surface area contributed by atoms with Crippen molar-refractivity contribution in [1.29, 1.82) is 0 Å². The van der Waals surface area contributed by atoms with Crippen LogP contribution < -0.4 is 0 Å². The molecule has 11 heteroatoms. The maximum absolute atomic E-state index is 13.1. The number of hydrogen-bond donors (Lipinski definition) is 1. The maximum Gasteiger partial charge on any atom is 0.338 e. The number of thioether (sulfide) groups is 1. The van der Waals surface area contributed by atoms with Gasteiger partial charge < -0.3 is 23.9 Å². The lowest BCUT2D eigenvalue weighted by Gasteiger charge is -2.19. The van der Waals surface area contributed by atoms with Crippen molar-refractivity contribution in [3.63, 3.8) is 0 Å². The predicted octanol–water partition coefficient (Wildman–Crippen LogP) is 5.33.